The Labute approximate surface area is 125 Å². The number of carbonyl (C=O) groups is 1. The molecule has 1 aromatic rings. The lowest BCUT2D eigenvalue weighted by Gasteiger charge is -2.12. The average molecular weight is 288 g/mol. The van der Waals surface area contributed by atoms with Gasteiger partial charge in [0.05, 0.1) is 19.5 Å². The number of hydrogen-bond acceptors (Lipinski definition) is 5. The summed E-state index contributed by atoms with van der Waals surface area (Å²) < 4.78 is 15.0. The Balaban J connectivity index is 2.60. The standard InChI is InChI=1S/C15H19BNO4/c1-3-4-9-20-13-7-5-12(6-8-13)10-14(15(18)19-2)16-21-11-17/h3,5-8,11,14,17H,1,4,9-10H2,2H3/t14-/m0/s1. The summed E-state index contributed by atoms with van der Waals surface area (Å²) in [5.41, 5.74) is 0.950. The average Bonchev–Trinajstić information content (AvgIpc) is 2.52. The van der Waals surface area contributed by atoms with Crippen LogP contribution in [-0.2, 0) is 20.6 Å². The van der Waals surface area contributed by atoms with Gasteiger partial charge in [-0.05, 0) is 30.5 Å². The molecule has 0 bridgehead atoms. The summed E-state index contributed by atoms with van der Waals surface area (Å²) in [5.74, 6) is -0.178. The summed E-state index contributed by atoms with van der Waals surface area (Å²) >= 11 is 0. The molecule has 0 saturated carbocycles. The van der Waals surface area contributed by atoms with Gasteiger partial charge in [0, 0.05) is 0 Å². The van der Waals surface area contributed by atoms with Crippen LogP contribution < -0.4 is 4.74 Å². The Morgan fingerprint density at radius 2 is 2.14 bits per heavy atom. The lowest BCUT2D eigenvalue weighted by molar-refractivity contribution is -0.140. The quantitative estimate of drug-likeness (QED) is 0.179. The van der Waals surface area contributed by atoms with Gasteiger partial charge in [-0.25, -0.2) is 0 Å². The normalized spacial score (nSPS) is 11.1. The van der Waals surface area contributed by atoms with Crippen LogP contribution in [0.15, 0.2) is 36.9 Å². The summed E-state index contributed by atoms with van der Waals surface area (Å²) in [4.78, 5) is 11.6. The fourth-order valence-electron chi connectivity index (χ4n) is 1.71. The van der Waals surface area contributed by atoms with Gasteiger partial charge in [0.25, 0.3) is 0 Å². The molecular formula is C15H19BNO4. The van der Waals surface area contributed by atoms with E-state index in [9.17, 15) is 4.79 Å². The highest BCUT2D eigenvalue weighted by atomic mass is 16.5. The van der Waals surface area contributed by atoms with Crippen molar-refractivity contribution in [3.8, 4) is 5.75 Å². The highest BCUT2D eigenvalue weighted by Crippen LogP contribution is 2.18. The molecule has 6 heteroatoms. The third-order valence-electron chi connectivity index (χ3n) is 2.78. The van der Waals surface area contributed by atoms with Crippen LogP contribution in [0, 0.1) is 5.41 Å². The van der Waals surface area contributed by atoms with Gasteiger partial charge in [-0.15, -0.1) is 6.58 Å². The Morgan fingerprint density at radius 1 is 1.43 bits per heavy atom. The van der Waals surface area contributed by atoms with Crippen molar-refractivity contribution in [2.75, 3.05) is 13.7 Å². The summed E-state index contributed by atoms with van der Waals surface area (Å²) in [5, 5.41) is 6.83. The molecular weight excluding hydrogens is 269 g/mol. The van der Waals surface area contributed by atoms with Crippen molar-refractivity contribution in [3.63, 3.8) is 0 Å². The number of nitrogens with one attached hydrogen (secondary N) is 1. The smallest absolute Gasteiger partial charge is 0.386 e. The van der Waals surface area contributed by atoms with Gasteiger partial charge in [0.15, 0.2) is 0 Å². The largest absolute Gasteiger partial charge is 0.555 e. The van der Waals surface area contributed by atoms with Crippen molar-refractivity contribution in [2.24, 2.45) is 0 Å². The maximum absolute atomic E-state index is 11.6. The number of esters is 1. The second-order valence-electron chi connectivity index (χ2n) is 4.29. The van der Waals surface area contributed by atoms with Gasteiger partial charge in [-0.3, -0.25) is 10.2 Å². The molecule has 21 heavy (non-hydrogen) atoms. The first-order chi connectivity index (χ1) is 10.2. The van der Waals surface area contributed by atoms with Crippen molar-refractivity contribution < 1.29 is 18.9 Å². The molecule has 1 N–H and O–H groups in total. The molecule has 1 radical (unpaired) electrons. The van der Waals surface area contributed by atoms with Gasteiger partial charge in [0.1, 0.15) is 12.2 Å². The van der Waals surface area contributed by atoms with Gasteiger partial charge >= 0.3 is 13.5 Å². The topological polar surface area (TPSA) is 68.6 Å². The van der Waals surface area contributed by atoms with E-state index in [0.29, 0.717) is 13.0 Å². The molecule has 1 aromatic carbocycles. The second-order valence-corrected chi connectivity index (χ2v) is 4.29. The lowest BCUT2D eigenvalue weighted by Crippen LogP contribution is -2.21. The Morgan fingerprint density at radius 3 is 2.71 bits per heavy atom. The molecule has 0 aliphatic carbocycles. The summed E-state index contributed by atoms with van der Waals surface area (Å²) in [7, 11) is 2.62. The van der Waals surface area contributed by atoms with E-state index in [1.807, 2.05) is 24.3 Å². The molecule has 1 atom stereocenters. The lowest BCUT2D eigenvalue weighted by atomic mass is 9.76. The molecule has 0 saturated heterocycles. The van der Waals surface area contributed by atoms with Crippen molar-refractivity contribution in [1.82, 2.24) is 0 Å². The molecule has 0 fully saturated rings. The van der Waals surface area contributed by atoms with Crippen LogP contribution >= 0.6 is 0 Å². The zero-order valence-corrected chi connectivity index (χ0v) is 12.1. The number of methoxy groups -OCH3 is 1. The van der Waals surface area contributed by atoms with E-state index in [4.69, 9.17) is 19.5 Å². The monoisotopic (exact) mass is 288 g/mol. The van der Waals surface area contributed by atoms with E-state index in [2.05, 4.69) is 6.58 Å². The van der Waals surface area contributed by atoms with E-state index in [1.54, 1.807) is 6.08 Å². The van der Waals surface area contributed by atoms with E-state index in [1.165, 1.54) is 14.6 Å². The number of hydrogen-bond donors (Lipinski definition) is 1. The Hall–Kier alpha value is -2.24. The van der Waals surface area contributed by atoms with Crippen LogP contribution in [0.5, 0.6) is 5.75 Å². The van der Waals surface area contributed by atoms with Crippen molar-refractivity contribution >= 4 is 19.9 Å². The maximum atomic E-state index is 11.6. The van der Waals surface area contributed by atoms with E-state index in [0.717, 1.165) is 24.1 Å². The van der Waals surface area contributed by atoms with Crippen molar-refractivity contribution in [3.05, 3.63) is 42.5 Å². The molecule has 111 valence electrons. The minimum atomic E-state index is -0.552. The third kappa shape index (κ3) is 6.16. The molecule has 0 spiro atoms. The maximum Gasteiger partial charge on any atom is 0.386 e. The van der Waals surface area contributed by atoms with E-state index in [-0.39, 0.29) is 0 Å². The van der Waals surface area contributed by atoms with Gasteiger partial charge in [0.2, 0.25) is 0 Å². The zero-order valence-electron chi connectivity index (χ0n) is 12.1. The molecule has 0 amide bonds. The summed E-state index contributed by atoms with van der Waals surface area (Å²) in [6.45, 7) is 4.22. The van der Waals surface area contributed by atoms with Gasteiger partial charge in [-0.1, -0.05) is 18.2 Å². The molecule has 0 aliphatic rings. The van der Waals surface area contributed by atoms with Crippen LogP contribution in [0.3, 0.4) is 0 Å². The molecule has 0 unspecified atom stereocenters. The minimum Gasteiger partial charge on any atom is -0.555 e. The third-order valence-corrected chi connectivity index (χ3v) is 2.78. The van der Waals surface area contributed by atoms with E-state index < -0.39 is 11.8 Å². The predicted molar refractivity (Wildman–Crippen MR) is 81.8 cm³/mol. The number of rotatable bonds is 10. The van der Waals surface area contributed by atoms with Crippen LogP contribution in [0.25, 0.3) is 0 Å². The van der Waals surface area contributed by atoms with Gasteiger partial charge in [-0.2, -0.15) is 0 Å². The van der Waals surface area contributed by atoms with Crippen LogP contribution in [0.4, 0.5) is 0 Å². The summed E-state index contributed by atoms with van der Waals surface area (Å²) in [6.07, 6.45) is 3.80. The number of benzene rings is 1. The first-order valence-corrected chi connectivity index (χ1v) is 6.59. The zero-order chi connectivity index (χ0) is 15.5. The van der Waals surface area contributed by atoms with Gasteiger partial charge < -0.3 is 14.1 Å². The second kappa shape index (κ2) is 9.63. The Bertz CT molecular complexity index is 461. The SMILES string of the molecule is C=CCCOc1ccc(C[C@H]([B]OC=N)C(=O)OC)cc1. The first kappa shape index (κ1) is 16.8. The Kier molecular flexibility index (Phi) is 7.72. The van der Waals surface area contributed by atoms with Crippen molar-refractivity contribution in [1.29, 1.82) is 5.41 Å². The van der Waals surface area contributed by atoms with Crippen LogP contribution in [-0.4, -0.2) is 33.6 Å². The fraction of sp³-hybridized carbons (Fsp3) is 0.333. The predicted octanol–water partition coefficient (Wildman–Crippen LogP) is 2.39. The van der Waals surface area contributed by atoms with Crippen LogP contribution in [0.1, 0.15) is 12.0 Å². The fourth-order valence-corrected chi connectivity index (χ4v) is 1.71. The molecule has 0 heterocycles. The highest BCUT2D eigenvalue weighted by Gasteiger charge is 2.23. The molecule has 0 aliphatic heterocycles. The number of carbonyl (C=O) groups excluding carboxylic acids is 1. The highest BCUT2D eigenvalue weighted by molar-refractivity contribution is 6.38. The molecule has 0 aromatic heterocycles. The number of ether oxygens (including phenoxy) is 2. The first-order valence-electron chi connectivity index (χ1n) is 6.59. The van der Waals surface area contributed by atoms with Crippen molar-refractivity contribution in [2.45, 2.75) is 18.7 Å². The van der Waals surface area contributed by atoms with Crippen LogP contribution in [0.2, 0.25) is 5.82 Å². The molecule has 1 rings (SSSR count). The minimum absolute atomic E-state index is 0.400. The molecule has 5 nitrogen and oxygen atoms in total. The summed E-state index contributed by atoms with van der Waals surface area (Å²) in [6, 6.07) is 7.48. The van der Waals surface area contributed by atoms with E-state index >= 15 is 0 Å².